The van der Waals surface area contributed by atoms with E-state index in [0.29, 0.717) is 5.92 Å². The first-order valence-corrected chi connectivity index (χ1v) is 5.91. The minimum atomic E-state index is -0.354. The fourth-order valence-electron chi connectivity index (χ4n) is 2.74. The molecular weight excluding hydrogens is 218 g/mol. The van der Waals surface area contributed by atoms with Crippen molar-refractivity contribution in [2.45, 2.75) is 17.9 Å². The van der Waals surface area contributed by atoms with Gasteiger partial charge in [0.05, 0.1) is 4.92 Å². The van der Waals surface area contributed by atoms with Crippen LogP contribution in [0.1, 0.15) is 17.9 Å². The van der Waals surface area contributed by atoms with Gasteiger partial charge in [0.2, 0.25) is 0 Å². The molecule has 5 heteroatoms. The lowest BCUT2D eigenvalue weighted by Crippen LogP contribution is -2.51. The normalized spacial score (nSPS) is 31.4. The molecule has 1 saturated carbocycles. The molecule has 2 unspecified atom stereocenters. The SMILES string of the molecule is O=[N+]([O-])c1ccc(C2CC23CNCCN3)cc1. The lowest BCUT2D eigenvalue weighted by molar-refractivity contribution is -0.384. The Morgan fingerprint density at radius 1 is 1.29 bits per heavy atom. The summed E-state index contributed by atoms with van der Waals surface area (Å²) in [6, 6.07) is 6.96. The fraction of sp³-hybridized carbons (Fsp3) is 0.500. The van der Waals surface area contributed by atoms with Crippen LogP contribution in [0.5, 0.6) is 0 Å². The highest BCUT2D eigenvalue weighted by Gasteiger charge is 2.54. The van der Waals surface area contributed by atoms with Crippen molar-refractivity contribution < 1.29 is 4.92 Å². The molecule has 2 aliphatic rings. The average Bonchev–Trinajstić information content (AvgIpc) is 3.04. The Balaban J connectivity index is 1.76. The van der Waals surface area contributed by atoms with Gasteiger partial charge in [0.25, 0.3) is 5.69 Å². The molecule has 90 valence electrons. The molecular formula is C12H15N3O2. The van der Waals surface area contributed by atoms with Crippen LogP contribution < -0.4 is 10.6 Å². The van der Waals surface area contributed by atoms with Crippen molar-refractivity contribution in [1.82, 2.24) is 10.6 Å². The highest BCUT2D eigenvalue weighted by atomic mass is 16.6. The number of rotatable bonds is 2. The van der Waals surface area contributed by atoms with Gasteiger partial charge in [-0.2, -0.15) is 0 Å². The third kappa shape index (κ3) is 1.81. The third-order valence-electron chi connectivity index (χ3n) is 3.80. The molecule has 0 amide bonds. The Morgan fingerprint density at radius 3 is 2.65 bits per heavy atom. The van der Waals surface area contributed by atoms with Gasteiger partial charge in [-0.3, -0.25) is 10.1 Å². The van der Waals surface area contributed by atoms with Crippen LogP contribution in [0, 0.1) is 10.1 Å². The van der Waals surface area contributed by atoms with E-state index in [2.05, 4.69) is 10.6 Å². The zero-order chi connectivity index (χ0) is 11.9. The van der Waals surface area contributed by atoms with Crippen LogP contribution in [0.4, 0.5) is 5.69 Å². The summed E-state index contributed by atoms with van der Waals surface area (Å²) in [5.41, 5.74) is 1.57. The van der Waals surface area contributed by atoms with E-state index in [1.165, 1.54) is 5.56 Å². The van der Waals surface area contributed by atoms with E-state index < -0.39 is 0 Å². The Bertz CT molecular complexity index is 438. The number of hydrogen-bond donors (Lipinski definition) is 2. The molecule has 17 heavy (non-hydrogen) atoms. The Kier molecular flexibility index (Phi) is 2.38. The van der Waals surface area contributed by atoms with Crippen LogP contribution in [0.2, 0.25) is 0 Å². The van der Waals surface area contributed by atoms with E-state index in [-0.39, 0.29) is 16.1 Å². The monoisotopic (exact) mass is 233 g/mol. The highest BCUT2D eigenvalue weighted by Crippen LogP contribution is 2.51. The molecule has 2 atom stereocenters. The van der Waals surface area contributed by atoms with Gasteiger partial charge >= 0.3 is 0 Å². The van der Waals surface area contributed by atoms with E-state index in [1.54, 1.807) is 12.1 Å². The molecule has 1 aromatic rings. The Morgan fingerprint density at radius 2 is 2.06 bits per heavy atom. The van der Waals surface area contributed by atoms with Gasteiger partial charge in [0.1, 0.15) is 0 Å². The van der Waals surface area contributed by atoms with Crippen molar-refractivity contribution in [3.63, 3.8) is 0 Å². The summed E-state index contributed by atoms with van der Waals surface area (Å²) in [5.74, 6) is 0.496. The van der Waals surface area contributed by atoms with E-state index in [9.17, 15) is 10.1 Å². The van der Waals surface area contributed by atoms with Gasteiger partial charge in [0.15, 0.2) is 0 Å². The minimum absolute atomic E-state index is 0.165. The number of piperazine rings is 1. The largest absolute Gasteiger partial charge is 0.314 e. The van der Waals surface area contributed by atoms with Gasteiger partial charge in [-0.05, 0) is 12.0 Å². The predicted molar refractivity (Wildman–Crippen MR) is 64.1 cm³/mol. The second-order valence-electron chi connectivity index (χ2n) is 4.87. The highest BCUT2D eigenvalue weighted by molar-refractivity contribution is 5.40. The number of nitrogens with zero attached hydrogens (tertiary/aromatic N) is 1. The minimum Gasteiger partial charge on any atom is -0.314 e. The molecule has 5 nitrogen and oxygen atoms in total. The van der Waals surface area contributed by atoms with Crippen molar-refractivity contribution in [2.75, 3.05) is 19.6 Å². The van der Waals surface area contributed by atoms with Crippen LogP contribution in [-0.4, -0.2) is 30.1 Å². The second-order valence-corrected chi connectivity index (χ2v) is 4.87. The van der Waals surface area contributed by atoms with Crippen molar-refractivity contribution in [2.24, 2.45) is 0 Å². The molecule has 1 saturated heterocycles. The third-order valence-corrected chi connectivity index (χ3v) is 3.80. The molecule has 1 spiro atoms. The molecule has 1 heterocycles. The maximum absolute atomic E-state index is 10.6. The fourth-order valence-corrected chi connectivity index (χ4v) is 2.74. The first-order valence-electron chi connectivity index (χ1n) is 5.91. The lowest BCUT2D eigenvalue weighted by Gasteiger charge is -2.25. The topological polar surface area (TPSA) is 67.2 Å². The van der Waals surface area contributed by atoms with Crippen LogP contribution in [0.25, 0.3) is 0 Å². The standard InChI is InChI=1S/C12H15N3O2/c16-15(17)10-3-1-9(2-4-10)11-7-12(11)8-13-5-6-14-12/h1-4,11,13-14H,5-8H2. The second kappa shape index (κ2) is 3.78. The van der Waals surface area contributed by atoms with Crippen LogP contribution in [-0.2, 0) is 0 Å². The summed E-state index contributed by atoms with van der Waals surface area (Å²) < 4.78 is 0. The molecule has 1 aromatic carbocycles. The molecule has 1 aliphatic heterocycles. The maximum Gasteiger partial charge on any atom is 0.269 e. The van der Waals surface area contributed by atoms with Gasteiger partial charge in [-0.25, -0.2) is 0 Å². The molecule has 2 fully saturated rings. The molecule has 0 aromatic heterocycles. The summed E-state index contributed by atoms with van der Waals surface area (Å²) in [4.78, 5) is 10.2. The van der Waals surface area contributed by atoms with E-state index in [4.69, 9.17) is 0 Å². The zero-order valence-corrected chi connectivity index (χ0v) is 9.48. The van der Waals surface area contributed by atoms with Crippen LogP contribution in [0.15, 0.2) is 24.3 Å². The Labute approximate surface area is 99.4 Å². The smallest absolute Gasteiger partial charge is 0.269 e. The Hall–Kier alpha value is -1.46. The molecule has 1 aliphatic carbocycles. The first-order chi connectivity index (χ1) is 8.21. The predicted octanol–water partition coefficient (Wildman–Crippen LogP) is 1.01. The number of hydrogen-bond acceptors (Lipinski definition) is 4. The van der Waals surface area contributed by atoms with E-state index in [0.717, 1.165) is 26.1 Å². The summed E-state index contributed by atoms with van der Waals surface area (Å²) in [6.07, 6.45) is 1.12. The van der Waals surface area contributed by atoms with Gasteiger partial charge in [0, 0.05) is 43.2 Å². The molecule has 2 N–H and O–H groups in total. The van der Waals surface area contributed by atoms with Crippen LogP contribution in [0.3, 0.4) is 0 Å². The average molecular weight is 233 g/mol. The lowest BCUT2D eigenvalue weighted by atomic mass is 10.0. The quantitative estimate of drug-likeness (QED) is 0.591. The van der Waals surface area contributed by atoms with Gasteiger partial charge in [-0.1, -0.05) is 12.1 Å². The number of nitro benzene ring substituents is 1. The number of nitro groups is 1. The molecule has 0 radical (unpaired) electrons. The zero-order valence-electron chi connectivity index (χ0n) is 9.48. The van der Waals surface area contributed by atoms with E-state index >= 15 is 0 Å². The van der Waals surface area contributed by atoms with Crippen molar-refractivity contribution in [3.05, 3.63) is 39.9 Å². The van der Waals surface area contributed by atoms with Crippen molar-refractivity contribution >= 4 is 5.69 Å². The van der Waals surface area contributed by atoms with E-state index in [1.807, 2.05) is 12.1 Å². The first kappa shape index (κ1) is 10.7. The summed E-state index contributed by atoms with van der Waals surface area (Å²) >= 11 is 0. The van der Waals surface area contributed by atoms with Gasteiger partial charge < -0.3 is 10.6 Å². The summed E-state index contributed by atoms with van der Waals surface area (Å²) in [5, 5.41) is 17.5. The van der Waals surface area contributed by atoms with Crippen LogP contribution >= 0.6 is 0 Å². The van der Waals surface area contributed by atoms with Gasteiger partial charge in [-0.15, -0.1) is 0 Å². The maximum atomic E-state index is 10.6. The van der Waals surface area contributed by atoms with Crippen molar-refractivity contribution in [1.29, 1.82) is 0 Å². The number of benzene rings is 1. The molecule has 0 bridgehead atoms. The molecule has 3 rings (SSSR count). The summed E-state index contributed by atoms with van der Waals surface area (Å²) in [6.45, 7) is 3.02. The number of nitrogens with one attached hydrogen (secondary N) is 2. The van der Waals surface area contributed by atoms with Crippen molar-refractivity contribution in [3.8, 4) is 0 Å². The number of non-ortho nitro benzene ring substituents is 1. The summed E-state index contributed by atoms with van der Waals surface area (Å²) in [7, 11) is 0.